The van der Waals surface area contributed by atoms with Crippen molar-refractivity contribution in [1.29, 1.82) is 0 Å². The minimum atomic E-state index is -0.919. The lowest BCUT2D eigenvalue weighted by molar-refractivity contribution is -0.118. The predicted octanol–water partition coefficient (Wildman–Crippen LogP) is 4.03. The Morgan fingerprint density at radius 3 is 2.41 bits per heavy atom. The van der Waals surface area contributed by atoms with Crippen LogP contribution in [0.1, 0.15) is 36.3 Å². The van der Waals surface area contributed by atoms with Crippen molar-refractivity contribution in [3.8, 4) is 11.3 Å². The Morgan fingerprint density at radius 2 is 1.79 bits per heavy atom. The minimum Gasteiger partial charge on any atom is -0.370 e. The fourth-order valence-electron chi connectivity index (χ4n) is 3.81. The van der Waals surface area contributed by atoms with Gasteiger partial charge >= 0.3 is 0 Å². The average Bonchev–Trinajstić information content (AvgIpc) is 2.71. The summed E-state index contributed by atoms with van der Waals surface area (Å²) >= 11 is 6.02. The molecule has 0 bridgehead atoms. The number of nitrogens with zero attached hydrogens (tertiary/aromatic N) is 3. The second-order valence-corrected chi connectivity index (χ2v) is 7.79. The van der Waals surface area contributed by atoms with E-state index in [2.05, 4.69) is 10.2 Å². The van der Waals surface area contributed by atoms with Gasteiger partial charge in [0.25, 0.3) is 0 Å². The molecule has 1 amide bonds. The van der Waals surface area contributed by atoms with Gasteiger partial charge in [-0.15, -0.1) is 10.2 Å². The first-order chi connectivity index (χ1) is 14.0. The van der Waals surface area contributed by atoms with Gasteiger partial charge < -0.3 is 5.73 Å². The average molecular weight is 411 g/mol. The molecule has 7 heteroatoms. The highest BCUT2D eigenvalue weighted by Gasteiger charge is 2.50. The molecule has 148 valence electrons. The number of nitrogens with two attached hydrogens (primary N) is 1. The lowest BCUT2D eigenvalue weighted by atomic mass is 9.62. The van der Waals surface area contributed by atoms with Gasteiger partial charge in [-0.3, -0.25) is 4.79 Å². The Labute approximate surface area is 173 Å². The molecule has 4 rings (SSSR count). The third-order valence-corrected chi connectivity index (χ3v) is 5.63. The number of halogens is 2. The van der Waals surface area contributed by atoms with E-state index >= 15 is 0 Å². The summed E-state index contributed by atoms with van der Waals surface area (Å²) in [7, 11) is 0. The fraction of sp³-hybridized carbons (Fsp3) is 0.273. The molecule has 0 aliphatic heterocycles. The van der Waals surface area contributed by atoms with E-state index in [1.54, 1.807) is 12.1 Å². The molecule has 0 spiro atoms. The molecule has 1 saturated carbocycles. The van der Waals surface area contributed by atoms with Gasteiger partial charge in [0.05, 0.1) is 11.1 Å². The highest BCUT2D eigenvalue weighted by molar-refractivity contribution is 6.30. The number of carbonyl (C=O) groups excluding carboxylic acids is 1. The van der Waals surface area contributed by atoms with E-state index in [9.17, 15) is 9.18 Å². The third-order valence-electron chi connectivity index (χ3n) is 5.38. The molecular weight excluding hydrogens is 391 g/mol. The summed E-state index contributed by atoms with van der Waals surface area (Å²) < 4.78 is 14.0. The SMILES string of the molecule is NC(=O)CCc1nc([C@]2(c3ccc(Cl)cc3)C[C@@H](F)C2)nnc1-c1ccccc1. The lowest BCUT2D eigenvalue weighted by Crippen LogP contribution is -2.45. The molecule has 0 radical (unpaired) electrons. The van der Waals surface area contributed by atoms with Crippen LogP contribution in [0.3, 0.4) is 0 Å². The van der Waals surface area contributed by atoms with Gasteiger partial charge in [-0.25, -0.2) is 9.37 Å². The number of hydrogen-bond acceptors (Lipinski definition) is 4. The second-order valence-electron chi connectivity index (χ2n) is 7.36. The maximum absolute atomic E-state index is 14.0. The smallest absolute Gasteiger partial charge is 0.217 e. The van der Waals surface area contributed by atoms with Crippen LogP contribution in [0.4, 0.5) is 4.39 Å². The topological polar surface area (TPSA) is 81.8 Å². The van der Waals surface area contributed by atoms with Crippen LogP contribution < -0.4 is 5.73 Å². The maximum atomic E-state index is 14.0. The Bertz CT molecular complexity index is 1020. The highest BCUT2D eigenvalue weighted by Crippen LogP contribution is 2.49. The van der Waals surface area contributed by atoms with Crippen LogP contribution in [-0.2, 0) is 16.6 Å². The molecule has 0 unspecified atom stereocenters. The molecule has 1 aliphatic carbocycles. The number of rotatable bonds is 6. The molecule has 1 aliphatic rings. The number of carbonyl (C=O) groups is 1. The van der Waals surface area contributed by atoms with E-state index in [-0.39, 0.29) is 19.3 Å². The molecule has 29 heavy (non-hydrogen) atoms. The molecule has 0 saturated heterocycles. The Kier molecular flexibility index (Phi) is 5.28. The first-order valence-electron chi connectivity index (χ1n) is 9.46. The number of benzene rings is 2. The summed E-state index contributed by atoms with van der Waals surface area (Å²) in [6.45, 7) is 0. The molecule has 5 nitrogen and oxygen atoms in total. The number of alkyl halides is 1. The first kappa shape index (κ1) is 19.5. The van der Waals surface area contributed by atoms with Gasteiger partial charge in [0, 0.05) is 23.4 Å². The van der Waals surface area contributed by atoms with Gasteiger partial charge in [-0.1, -0.05) is 54.1 Å². The standard InChI is InChI=1S/C22H20ClFN4O/c23-16-8-6-15(7-9-16)22(12-17(24)13-22)21-26-18(10-11-19(25)29)20(27-28-21)14-4-2-1-3-5-14/h1-9,17H,10-13H2,(H2,25,29)/t17-,22-. The van der Waals surface area contributed by atoms with Crippen molar-refractivity contribution in [2.24, 2.45) is 5.73 Å². The molecule has 3 aromatic rings. The van der Waals surface area contributed by atoms with Gasteiger partial charge in [0.1, 0.15) is 11.9 Å². The van der Waals surface area contributed by atoms with Crippen molar-refractivity contribution in [2.75, 3.05) is 0 Å². The van der Waals surface area contributed by atoms with E-state index in [0.717, 1.165) is 11.1 Å². The van der Waals surface area contributed by atoms with E-state index in [1.165, 1.54) is 0 Å². The Morgan fingerprint density at radius 1 is 1.10 bits per heavy atom. The van der Waals surface area contributed by atoms with Crippen LogP contribution in [0.25, 0.3) is 11.3 Å². The van der Waals surface area contributed by atoms with E-state index in [1.807, 2.05) is 42.5 Å². The summed E-state index contributed by atoms with van der Waals surface area (Å²) in [5.74, 6) is 0.0527. The molecule has 2 aromatic carbocycles. The van der Waals surface area contributed by atoms with Crippen LogP contribution in [0.5, 0.6) is 0 Å². The van der Waals surface area contributed by atoms with Crippen molar-refractivity contribution in [1.82, 2.24) is 15.2 Å². The Hall–Kier alpha value is -2.86. The van der Waals surface area contributed by atoms with E-state index in [0.29, 0.717) is 28.7 Å². The second kappa shape index (κ2) is 7.87. The molecule has 1 fully saturated rings. The molecule has 0 atom stereocenters. The van der Waals surface area contributed by atoms with Crippen molar-refractivity contribution in [3.05, 3.63) is 76.7 Å². The molecular formula is C22H20ClFN4O. The number of amides is 1. The highest BCUT2D eigenvalue weighted by atomic mass is 35.5. The summed E-state index contributed by atoms with van der Waals surface area (Å²) in [4.78, 5) is 16.1. The predicted molar refractivity (Wildman–Crippen MR) is 109 cm³/mol. The van der Waals surface area contributed by atoms with Crippen molar-refractivity contribution in [2.45, 2.75) is 37.3 Å². The van der Waals surface area contributed by atoms with Crippen molar-refractivity contribution >= 4 is 17.5 Å². The largest absolute Gasteiger partial charge is 0.370 e. The number of hydrogen-bond donors (Lipinski definition) is 1. The number of primary amides is 1. The number of aryl methyl sites for hydroxylation is 1. The third kappa shape index (κ3) is 3.85. The monoisotopic (exact) mass is 410 g/mol. The van der Waals surface area contributed by atoms with Gasteiger partial charge in [0.15, 0.2) is 5.82 Å². The van der Waals surface area contributed by atoms with Crippen molar-refractivity contribution < 1.29 is 9.18 Å². The first-order valence-corrected chi connectivity index (χ1v) is 9.84. The van der Waals surface area contributed by atoms with Gasteiger partial charge in [0.2, 0.25) is 5.91 Å². The van der Waals surface area contributed by atoms with E-state index < -0.39 is 17.5 Å². The Balaban J connectivity index is 1.79. The minimum absolute atomic E-state index is 0.150. The van der Waals surface area contributed by atoms with Gasteiger partial charge in [-0.2, -0.15) is 0 Å². The van der Waals surface area contributed by atoms with Crippen molar-refractivity contribution in [3.63, 3.8) is 0 Å². The van der Waals surface area contributed by atoms with Gasteiger partial charge in [-0.05, 0) is 30.5 Å². The normalized spacial score (nSPS) is 20.8. The zero-order valence-electron chi connectivity index (χ0n) is 15.7. The fourth-order valence-corrected chi connectivity index (χ4v) is 3.94. The molecule has 2 N–H and O–H groups in total. The lowest BCUT2D eigenvalue weighted by Gasteiger charge is -2.43. The summed E-state index contributed by atoms with van der Waals surface area (Å²) in [5, 5.41) is 9.43. The summed E-state index contributed by atoms with van der Waals surface area (Å²) in [6.07, 6.45) is 0.152. The zero-order valence-corrected chi connectivity index (χ0v) is 16.4. The van der Waals surface area contributed by atoms with Crippen LogP contribution in [0, 0.1) is 0 Å². The molecule has 1 aromatic heterocycles. The number of aromatic nitrogens is 3. The van der Waals surface area contributed by atoms with Crippen LogP contribution in [0.2, 0.25) is 5.02 Å². The van der Waals surface area contributed by atoms with Crippen LogP contribution in [-0.4, -0.2) is 27.3 Å². The van der Waals surface area contributed by atoms with E-state index in [4.69, 9.17) is 22.3 Å². The maximum Gasteiger partial charge on any atom is 0.217 e. The zero-order chi connectivity index (χ0) is 20.4. The summed E-state index contributed by atoms with van der Waals surface area (Å²) in [5.41, 5.74) is 7.71. The molecule has 1 heterocycles. The summed E-state index contributed by atoms with van der Waals surface area (Å²) in [6, 6.07) is 16.9. The quantitative estimate of drug-likeness (QED) is 0.665. The van der Waals surface area contributed by atoms with Crippen LogP contribution >= 0.6 is 11.6 Å². The van der Waals surface area contributed by atoms with Crippen LogP contribution in [0.15, 0.2) is 54.6 Å².